The first-order valence-electron chi connectivity index (χ1n) is 10.8. The lowest BCUT2D eigenvalue weighted by atomic mass is 9.99. The summed E-state index contributed by atoms with van der Waals surface area (Å²) >= 11 is 1.62. The highest BCUT2D eigenvalue weighted by Gasteiger charge is 2.32. The Hall–Kier alpha value is -3.85. The minimum atomic E-state index is -0.951. The van der Waals surface area contributed by atoms with E-state index in [1.807, 2.05) is 35.8 Å². The maximum absolute atomic E-state index is 13.5. The van der Waals surface area contributed by atoms with Gasteiger partial charge in [-0.25, -0.2) is 4.39 Å². The topological polar surface area (TPSA) is 92.4 Å². The fourth-order valence-electron chi connectivity index (χ4n) is 4.13. The van der Waals surface area contributed by atoms with Crippen molar-refractivity contribution >= 4 is 34.4 Å². The van der Waals surface area contributed by atoms with Gasteiger partial charge >= 0.3 is 5.97 Å². The number of thiophene rings is 1. The molecule has 5 rings (SSSR count). The summed E-state index contributed by atoms with van der Waals surface area (Å²) in [5, 5.41) is 22.2. The van der Waals surface area contributed by atoms with Gasteiger partial charge in [-0.2, -0.15) is 0 Å². The van der Waals surface area contributed by atoms with Crippen LogP contribution in [0.3, 0.4) is 0 Å². The maximum atomic E-state index is 13.5. The van der Waals surface area contributed by atoms with E-state index < -0.39 is 12.0 Å². The maximum Gasteiger partial charge on any atom is 0.306 e. The van der Waals surface area contributed by atoms with Crippen molar-refractivity contribution < 1.29 is 14.3 Å². The first-order chi connectivity index (χ1) is 16.3. The molecule has 172 valence electrons. The van der Waals surface area contributed by atoms with E-state index in [2.05, 4.69) is 29.4 Å². The second-order valence-electron chi connectivity index (χ2n) is 8.21. The van der Waals surface area contributed by atoms with Crippen molar-refractivity contribution in [2.24, 2.45) is 4.99 Å². The Morgan fingerprint density at radius 1 is 1.12 bits per heavy atom. The van der Waals surface area contributed by atoms with E-state index in [4.69, 9.17) is 4.99 Å². The Kier molecular flexibility index (Phi) is 5.49. The summed E-state index contributed by atoms with van der Waals surface area (Å²) in [5.74, 6) is -0.0362. The number of halogens is 1. The number of aliphatic carboxylic acids is 1. The molecule has 3 heterocycles. The number of carboxylic acid groups (broad SMARTS) is 1. The van der Waals surface area contributed by atoms with Gasteiger partial charge in [-0.1, -0.05) is 18.2 Å². The Morgan fingerprint density at radius 2 is 1.88 bits per heavy atom. The molecule has 0 fully saturated rings. The minimum Gasteiger partial charge on any atom is -0.481 e. The van der Waals surface area contributed by atoms with E-state index in [0.717, 1.165) is 38.0 Å². The van der Waals surface area contributed by atoms with Crippen molar-refractivity contribution in [2.75, 3.05) is 5.32 Å². The number of fused-ring (bicyclic) bond motifs is 3. The average molecular weight is 476 g/mol. The molecule has 0 amide bonds. The molecule has 0 unspecified atom stereocenters. The van der Waals surface area contributed by atoms with Crippen LogP contribution in [0.25, 0.3) is 5.00 Å². The van der Waals surface area contributed by atoms with Crippen molar-refractivity contribution in [2.45, 2.75) is 33.2 Å². The summed E-state index contributed by atoms with van der Waals surface area (Å²) in [6.07, 6.45) is -0.187. The summed E-state index contributed by atoms with van der Waals surface area (Å²) in [6.45, 7) is 5.98. The number of hydrogen-bond acceptors (Lipinski definition) is 6. The van der Waals surface area contributed by atoms with E-state index in [1.165, 1.54) is 12.1 Å². The normalized spacial score (nSPS) is 14.7. The first-order valence-corrected chi connectivity index (χ1v) is 11.6. The van der Waals surface area contributed by atoms with Crippen molar-refractivity contribution in [3.8, 4) is 5.00 Å². The molecule has 0 saturated carbocycles. The SMILES string of the molecule is Cc1sc2c(c1C)C(c1ccc(Nc3cccc(F)c3)cc1)=N[C@@H](CC(=O)O)c1nnc(C)n1-2. The number of nitrogens with one attached hydrogen (secondary N) is 1. The van der Waals surface area contributed by atoms with Crippen molar-refractivity contribution in [3.05, 3.63) is 87.6 Å². The molecule has 9 heteroatoms. The summed E-state index contributed by atoms with van der Waals surface area (Å²) in [5.41, 5.74) is 5.10. The molecule has 1 aliphatic rings. The van der Waals surface area contributed by atoms with Crippen LogP contribution in [0.15, 0.2) is 53.5 Å². The van der Waals surface area contributed by atoms with Gasteiger partial charge in [-0.3, -0.25) is 14.4 Å². The number of carbonyl (C=O) groups is 1. The van der Waals surface area contributed by atoms with Gasteiger partial charge in [-0.05, 0) is 56.7 Å². The monoisotopic (exact) mass is 475 g/mol. The lowest BCUT2D eigenvalue weighted by Crippen LogP contribution is -2.10. The zero-order valence-corrected chi connectivity index (χ0v) is 19.7. The van der Waals surface area contributed by atoms with Crippen molar-refractivity contribution in [3.63, 3.8) is 0 Å². The molecule has 7 nitrogen and oxygen atoms in total. The van der Waals surface area contributed by atoms with Gasteiger partial charge in [0.1, 0.15) is 22.7 Å². The van der Waals surface area contributed by atoms with E-state index >= 15 is 0 Å². The third-order valence-electron chi connectivity index (χ3n) is 5.88. The van der Waals surface area contributed by atoms with Crippen LogP contribution < -0.4 is 5.32 Å². The van der Waals surface area contributed by atoms with Crippen LogP contribution >= 0.6 is 11.3 Å². The van der Waals surface area contributed by atoms with Crippen LogP contribution in [0.5, 0.6) is 0 Å². The smallest absolute Gasteiger partial charge is 0.306 e. The molecule has 2 aromatic carbocycles. The third-order valence-corrected chi connectivity index (χ3v) is 7.07. The molecule has 1 atom stereocenters. The fraction of sp³-hybridized carbons (Fsp3) is 0.200. The molecule has 34 heavy (non-hydrogen) atoms. The number of rotatable bonds is 5. The average Bonchev–Trinajstić information content (AvgIpc) is 3.26. The molecular weight excluding hydrogens is 453 g/mol. The predicted octanol–water partition coefficient (Wildman–Crippen LogP) is 5.50. The van der Waals surface area contributed by atoms with Crippen LogP contribution in [-0.4, -0.2) is 31.6 Å². The van der Waals surface area contributed by atoms with Gasteiger partial charge in [0, 0.05) is 27.4 Å². The fourth-order valence-corrected chi connectivity index (χ4v) is 5.35. The summed E-state index contributed by atoms with van der Waals surface area (Å²) in [4.78, 5) is 17.7. The quantitative estimate of drug-likeness (QED) is 0.397. The number of aromatic nitrogens is 3. The highest BCUT2D eigenvalue weighted by atomic mass is 32.1. The molecule has 0 aliphatic carbocycles. The summed E-state index contributed by atoms with van der Waals surface area (Å²) in [7, 11) is 0. The zero-order chi connectivity index (χ0) is 24.0. The number of carboxylic acids is 1. The largest absolute Gasteiger partial charge is 0.481 e. The number of aryl methyl sites for hydroxylation is 2. The van der Waals surface area contributed by atoms with Crippen molar-refractivity contribution in [1.29, 1.82) is 0 Å². The number of benzene rings is 2. The number of nitrogens with zero attached hydrogens (tertiary/aromatic N) is 4. The lowest BCUT2D eigenvalue weighted by molar-refractivity contribution is -0.137. The van der Waals surface area contributed by atoms with Gasteiger partial charge in [0.15, 0.2) is 5.82 Å². The Morgan fingerprint density at radius 3 is 2.59 bits per heavy atom. The first kappa shape index (κ1) is 22.0. The van der Waals surface area contributed by atoms with Crippen LogP contribution in [-0.2, 0) is 4.79 Å². The molecule has 0 bridgehead atoms. The molecule has 1 aliphatic heterocycles. The van der Waals surface area contributed by atoms with Gasteiger partial charge in [0.2, 0.25) is 0 Å². The molecule has 0 saturated heterocycles. The predicted molar refractivity (Wildman–Crippen MR) is 130 cm³/mol. The van der Waals surface area contributed by atoms with E-state index in [0.29, 0.717) is 17.3 Å². The standard InChI is InChI=1S/C25H22FN5O2S/c1-13-14(2)34-25-22(13)23(28-20(12-21(32)33)24-30-29-15(3)31(24)25)16-7-9-18(10-8-16)27-19-6-4-5-17(26)11-19/h4-11,20,27H,12H2,1-3H3,(H,32,33)/t20-/m0/s1. The molecule has 0 radical (unpaired) electrons. The van der Waals surface area contributed by atoms with Crippen LogP contribution in [0.1, 0.15) is 45.7 Å². The summed E-state index contributed by atoms with van der Waals surface area (Å²) < 4.78 is 15.5. The Labute approximate surface area is 199 Å². The second-order valence-corrected chi connectivity index (χ2v) is 9.41. The van der Waals surface area contributed by atoms with Crippen LogP contribution in [0.4, 0.5) is 15.8 Å². The van der Waals surface area contributed by atoms with E-state index in [1.54, 1.807) is 23.5 Å². The molecule has 2 N–H and O–H groups in total. The second kappa shape index (κ2) is 8.49. The number of hydrogen-bond donors (Lipinski definition) is 2. The molecule has 4 aromatic rings. The Balaban J connectivity index is 1.61. The highest BCUT2D eigenvalue weighted by molar-refractivity contribution is 7.15. The van der Waals surface area contributed by atoms with Gasteiger partial charge in [-0.15, -0.1) is 21.5 Å². The third kappa shape index (κ3) is 3.88. The van der Waals surface area contributed by atoms with E-state index in [9.17, 15) is 14.3 Å². The highest BCUT2D eigenvalue weighted by Crippen LogP contribution is 2.39. The molecule has 2 aromatic heterocycles. The Bertz CT molecular complexity index is 1440. The van der Waals surface area contributed by atoms with Gasteiger partial charge < -0.3 is 10.4 Å². The van der Waals surface area contributed by atoms with Crippen LogP contribution in [0, 0.1) is 26.6 Å². The van der Waals surface area contributed by atoms with Crippen LogP contribution in [0.2, 0.25) is 0 Å². The van der Waals surface area contributed by atoms with E-state index in [-0.39, 0.29) is 12.2 Å². The number of aliphatic imine (C=N–C) groups is 1. The minimum absolute atomic E-state index is 0.187. The number of anilines is 2. The zero-order valence-electron chi connectivity index (χ0n) is 18.8. The van der Waals surface area contributed by atoms with Gasteiger partial charge in [0.25, 0.3) is 0 Å². The molecule has 0 spiro atoms. The van der Waals surface area contributed by atoms with Gasteiger partial charge in [0.05, 0.1) is 12.1 Å². The van der Waals surface area contributed by atoms with Crippen molar-refractivity contribution in [1.82, 2.24) is 14.8 Å². The lowest BCUT2D eigenvalue weighted by Gasteiger charge is -2.12. The summed E-state index contributed by atoms with van der Waals surface area (Å²) in [6, 6.07) is 13.3. The molecular formula is C25H22FN5O2S.